The molecule has 1 N–H and O–H groups in total. The molecule has 0 atom stereocenters. The van der Waals surface area contributed by atoms with E-state index in [1.54, 1.807) is 27.7 Å². The molecule has 1 fully saturated rings. The van der Waals surface area contributed by atoms with E-state index >= 15 is 0 Å². The van der Waals surface area contributed by atoms with Gasteiger partial charge in [0, 0.05) is 19.1 Å². The summed E-state index contributed by atoms with van der Waals surface area (Å²) in [6, 6.07) is 5.99. The Bertz CT molecular complexity index is 1190. The SMILES string of the molecule is C/C(=C\c1cc(S(=O)(=O)N2CCC(NC(=O)OC(C)(C)C)CC2)ccc1C#N)COS(C)(=O)=O. The summed E-state index contributed by atoms with van der Waals surface area (Å²) in [5.74, 6) is 0. The summed E-state index contributed by atoms with van der Waals surface area (Å²) in [5.41, 5.74) is 0.480. The number of benzene rings is 1. The molecule has 0 saturated carbocycles. The van der Waals surface area contributed by atoms with Crippen molar-refractivity contribution in [2.24, 2.45) is 0 Å². The zero-order valence-electron chi connectivity index (χ0n) is 20.0. The second-order valence-corrected chi connectivity index (χ2v) is 12.7. The number of alkyl carbamates (subject to hydrolysis) is 1. The number of carbonyl (C=O) groups excluding carboxylic acids is 1. The minimum Gasteiger partial charge on any atom is -0.444 e. The van der Waals surface area contributed by atoms with Gasteiger partial charge < -0.3 is 10.1 Å². The first-order chi connectivity index (χ1) is 15.6. The second kappa shape index (κ2) is 10.9. The summed E-state index contributed by atoms with van der Waals surface area (Å²) >= 11 is 0. The molecule has 1 heterocycles. The van der Waals surface area contributed by atoms with Crippen molar-refractivity contribution in [2.45, 2.75) is 57.1 Å². The van der Waals surface area contributed by atoms with E-state index in [4.69, 9.17) is 8.92 Å². The third kappa shape index (κ3) is 8.39. The van der Waals surface area contributed by atoms with Gasteiger partial charge in [0.25, 0.3) is 10.1 Å². The number of sulfonamides is 1. The van der Waals surface area contributed by atoms with E-state index < -0.39 is 31.8 Å². The maximum atomic E-state index is 13.2. The van der Waals surface area contributed by atoms with Gasteiger partial charge in [0.15, 0.2) is 0 Å². The number of nitrogens with one attached hydrogen (secondary N) is 1. The van der Waals surface area contributed by atoms with E-state index in [2.05, 4.69) is 5.32 Å². The van der Waals surface area contributed by atoms with Crippen LogP contribution in [-0.4, -0.2) is 64.8 Å². The van der Waals surface area contributed by atoms with Crippen LogP contribution in [0.15, 0.2) is 28.7 Å². The first kappa shape index (κ1) is 27.8. The van der Waals surface area contributed by atoms with Crippen LogP contribution in [0.2, 0.25) is 0 Å². The molecule has 1 aliphatic rings. The number of nitriles is 1. The van der Waals surface area contributed by atoms with Crippen LogP contribution in [0, 0.1) is 11.3 Å². The molecule has 188 valence electrons. The van der Waals surface area contributed by atoms with Crippen LogP contribution < -0.4 is 5.32 Å². The van der Waals surface area contributed by atoms with Crippen molar-refractivity contribution in [3.8, 4) is 6.07 Å². The topological polar surface area (TPSA) is 143 Å². The molecule has 0 aliphatic carbocycles. The fourth-order valence-corrected chi connectivity index (χ4v) is 5.20. The zero-order valence-corrected chi connectivity index (χ0v) is 21.6. The van der Waals surface area contributed by atoms with Crippen LogP contribution in [0.4, 0.5) is 4.79 Å². The lowest BCUT2D eigenvalue weighted by Gasteiger charge is -2.32. The van der Waals surface area contributed by atoms with Crippen molar-refractivity contribution < 1.29 is 30.6 Å². The van der Waals surface area contributed by atoms with Crippen molar-refractivity contribution in [1.29, 1.82) is 5.26 Å². The standard InChI is InChI=1S/C22H31N3O7S2/c1-16(15-31-33(5,27)28)12-18-13-20(7-6-17(18)14-23)34(29,30)25-10-8-19(9-11-25)24-21(26)32-22(2,3)4/h6-7,12-13,19H,8-11,15H2,1-5H3,(H,24,26)/b16-12+. The first-order valence-electron chi connectivity index (χ1n) is 10.7. The van der Waals surface area contributed by atoms with Crippen molar-refractivity contribution in [3.63, 3.8) is 0 Å². The fourth-order valence-electron chi connectivity index (χ4n) is 3.29. The van der Waals surface area contributed by atoms with E-state index in [1.807, 2.05) is 6.07 Å². The molecule has 34 heavy (non-hydrogen) atoms. The number of carbonyl (C=O) groups is 1. The minimum absolute atomic E-state index is 0.0214. The largest absolute Gasteiger partial charge is 0.444 e. The quantitative estimate of drug-likeness (QED) is 0.548. The van der Waals surface area contributed by atoms with E-state index in [1.165, 1.54) is 28.6 Å². The summed E-state index contributed by atoms with van der Waals surface area (Å²) < 4.78 is 60.1. The van der Waals surface area contributed by atoms with Gasteiger partial charge in [0.1, 0.15) is 5.60 Å². The van der Waals surface area contributed by atoms with Crippen LogP contribution >= 0.6 is 0 Å². The highest BCUT2D eigenvalue weighted by atomic mass is 32.2. The van der Waals surface area contributed by atoms with Gasteiger partial charge in [-0.3, -0.25) is 4.18 Å². The van der Waals surface area contributed by atoms with Crippen LogP contribution in [0.25, 0.3) is 6.08 Å². The summed E-state index contributed by atoms with van der Waals surface area (Å²) in [7, 11) is -7.47. The van der Waals surface area contributed by atoms with E-state index in [9.17, 15) is 26.9 Å². The van der Waals surface area contributed by atoms with Gasteiger partial charge >= 0.3 is 6.09 Å². The molecule has 10 nitrogen and oxygen atoms in total. The Morgan fingerprint density at radius 1 is 1.24 bits per heavy atom. The van der Waals surface area contributed by atoms with Crippen molar-refractivity contribution in [1.82, 2.24) is 9.62 Å². The Morgan fingerprint density at radius 3 is 2.38 bits per heavy atom. The summed E-state index contributed by atoms with van der Waals surface area (Å²) in [6.07, 6.45) is 2.79. The zero-order chi connectivity index (χ0) is 25.7. The molecule has 1 aromatic rings. The predicted octanol–water partition coefficient (Wildman–Crippen LogP) is 2.62. The molecule has 12 heteroatoms. The van der Waals surface area contributed by atoms with E-state index in [-0.39, 0.29) is 36.2 Å². The van der Waals surface area contributed by atoms with Crippen molar-refractivity contribution in [2.75, 3.05) is 26.0 Å². The third-order valence-electron chi connectivity index (χ3n) is 4.86. The smallest absolute Gasteiger partial charge is 0.407 e. The van der Waals surface area contributed by atoms with Crippen molar-refractivity contribution >= 4 is 32.3 Å². The van der Waals surface area contributed by atoms with Crippen LogP contribution in [0.1, 0.15) is 51.7 Å². The number of hydrogen-bond donors (Lipinski definition) is 1. The van der Waals surface area contributed by atoms with Gasteiger partial charge in [0.2, 0.25) is 10.0 Å². The molecule has 0 radical (unpaired) electrons. The Labute approximate surface area is 201 Å². The lowest BCUT2D eigenvalue weighted by atomic mass is 10.1. The molecule has 0 aromatic heterocycles. The first-order valence-corrected chi connectivity index (χ1v) is 13.9. The van der Waals surface area contributed by atoms with E-state index in [0.29, 0.717) is 24.0 Å². The summed E-state index contributed by atoms with van der Waals surface area (Å²) in [5, 5.41) is 12.2. The molecule has 2 rings (SSSR count). The number of nitrogens with zero attached hydrogens (tertiary/aromatic N) is 2. The van der Waals surface area contributed by atoms with Gasteiger partial charge in [-0.25, -0.2) is 13.2 Å². The van der Waals surface area contributed by atoms with Crippen molar-refractivity contribution in [3.05, 3.63) is 34.9 Å². The number of hydrogen-bond acceptors (Lipinski definition) is 8. The van der Waals surface area contributed by atoms with E-state index in [0.717, 1.165) is 6.26 Å². The molecular formula is C22H31N3O7S2. The maximum absolute atomic E-state index is 13.2. The number of ether oxygens (including phenoxy) is 1. The fraction of sp³-hybridized carbons (Fsp3) is 0.545. The molecule has 1 amide bonds. The Hall–Kier alpha value is -2.46. The molecular weight excluding hydrogens is 482 g/mol. The lowest BCUT2D eigenvalue weighted by Crippen LogP contribution is -2.47. The minimum atomic E-state index is -3.84. The van der Waals surface area contributed by atoms with Gasteiger partial charge in [-0.05, 0) is 69.9 Å². The second-order valence-electron chi connectivity index (χ2n) is 9.14. The lowest BCUT2D eigenvalue weighted by molar-refractivity contribution is 0.0489. The monoisotopic (exact) mass is 513 g/mol. The van der Waals surface area contributed by atoms with Gasteiger partial charge in [-0.2, -0.15) is 18.0 Å². The van der Waals surface area contributed by atoms with Gasteiger partial charge in [-0.15, -0.1) is 0 Å². The third-order valence-corrected chi connectivity index (χ3v) is 7.30. The maximum Gasteiger partial charge on any atom is 0.407 e. The Kier molecular flexibility index (Phi) is 8.87. The predicted molar refractivity (Wildman–Crippen MR) is 127 cm³/mol. The number of rotatable bonds is 7. The molecule has 0 bridgehead atoms. The molecule has 1 aromatic carbocycles. The number of amides is 1. The molecule has 0 unspecified atom stereocenters. The molecule has 1 aliphatic heterocycles. The van der Waals surface area contributed by atoms with Gasteiger partial charge in [-0.1, -0.05) is 6.08 Å². The summed E-state index contributed by atoms with van der Waals surface area (Å²) in [6.45, 7) is 7.15. The average molecular weight is 514 g/mol. The molecule has 0 spiro atoms. The normalized spacial score (nSPS) is 16.6. The highest BCUT2D eigenvalue weighted by Crippen LogP contribution is 2.24. The van der Waals surface area contributed by atoms with Crippen LogP contribution in [-0.2, 0) is 29.1 Å². The average Bonchev–Trinajstić information content (AvgIpc) is 2.70. The van der Waals surface area contributed by atoms with Gasteiger partial charge in [0.05, 0.1) is 29.4 Å². The Balaban J connectivity index is 2.14. The highest BCUT2D eigenvalue weighted by Gasteiger charge is 2.31. The highest BCUT2D eigenvalue weighted by molar-refractivity contribution is 7.89. The van der Waals surface area contributed by atoms with Crippen LogP contribution in [0.3, 0.4) is 0 Å². The number of piperidine rings is 1. The molecule has 1 saturated heterocycles. The summed E-state index contributed by atoms with van der Waals surface area (Å²) in [4.78, 5) is 12.0. The Morgan fingerprint density at radius 2 is 1.85 bits per heavy atom. The van der Waals surface area contributed by atoms with Crippen LogP contribution in [0.5, 0.6) is 0 Å².